The lowest BCUT2D eigenvalue weighted by Crippen LogP contribution is -2.16. The molecule has 0 aliphatic rings. The van der Waals surface area contributed by atoms with Crippen molar-refractivity contribution in [2.75, 3.05) is 18.2 Å². The molecular weight excluding hydrogens is 408 g/mol. The van der Waals surface area contributed by atoms with E-state index in [4.69, 9.17) is 9.15 Å². The van der Waals surface area contributed by atoms with Gasteiger partial charge in [-0.3, -0.25) is 4.79 Å². The van der Waals surface area contributed by atoms with E-state index >= 15 is 0 Å². The molecule has 0 fully saturated rings. The Bertz CT molecular complexity index is 1130. The van der Waals surface area contributed by atoms with Crippen LogP contribution in [0.1, 0.15) is 10.4 Å². The van der Waals surface area contributed by atoms with Gasteiger partial charge in [-0.05, 0) is 17.7 Å². The predicted octanol–water partition coefficient (Wildman–Crippen LogP) is 5.07. The van der Waals surface area contributed by atoms with Crippen LogP contribution in [-0.4, -0.2) is 29.7 Å². The van der Waals surface area contributed by atoms with Gasteiger partial charge in [-0.1, -0.05) is 54.2 Å². The van der Waals surface area contributed by atoms with E-state index < -0.39 is 5.97 Å². The number of carbonyl (C=O) groups is 2. The summed E-state index contributed by atoms with van der Waals surface area (Å²) in [5, 5.41) is 5.53. The number of thiophene rings is 1. The highest BCUT2D eigenvalue weighted by atomic mass is 32.2. The smallest absolute Gasteiger partial charge is 0.341 e. The number of hydrogen-bond donors (Lipinski definition) is 1. The van der Waals surface area contributed by atoms with Crippen LogP contribution in [0.2, 0.25) is 0 Å². The Kier molecular flexibility index (Phi) is 5.64. The summed E-state index contributed by atoms with van der Waals surface area (Å²) in [5.41, 5.74) is 3.38. The maximum atomic E-state index is 12.5. The molecule has 0 unspecified atom stereocenters. The number of benzene rings is 2. The Hall–Kier alpha value is -3.10. The van der Waals surface area contributed by atoms with Crippen LogP contribution >= 0.6 is 23.1 Å². The van der Waals surface area contributed by atoms with Crippen molar-refractivity contribution in [1.29, 1.82) is 0 Å². The Balaban J connectivity index is 1.50. The van der Waals surface area contributed by atoms with E-state index in [1.165, 1.54) is 30.2 Å². The molecule has 0 saturated carbocycles. The molecule has 146 valence electrons. The van der Waals surface area contributed by atoms with Crippen LogP contribution < -0.4 is 5.32 Å². The van der Waals surface area contributed by atoms with Gasteiger partial charge in [-0.25, -0.2) is 9.78 Å². The summed E-state index contributed by atoms with van der Waals surface area (Å²) in [6.07, 6.45) is 0. The number of oxazole rings is 1. The van der Waals surface area contributed by atoms with Gasteiger partial charge in [0.05, 0.1) is 12.9 Å². The zero-order valence-electron chi connectivity index (χ0n) is 15.4. The van der Waals surface area contributed by atoms with Crippen LogP contribution in [0.15, 0.2) is 69.6 Å². The number of carbonyl (C=O) groups excluding carboxylic acids is 2. The van der Waals surface area contributed by atoms with Gasteiger partial charge in [0.1, 0.15) is 16.1 Å². The monoisotopic (exact) mass is 424 g/mol. The second-order valence-electron chi connectivity index (χ2n) is 6.00. The summed E-state index contributed by atoms with van der Waals surface area (Å²) in [4.78, 5) is 29.2. The first kappa shape index (κ1) is 19.2. The number of hydrogen-bond acceptors (Lipinski definition) is 7. The largest absolute Gasteiger partial charge is 0.465 e. The lowest BCUT2D eigenvalue weighted by atomic mass is 10.0. The highest BCUT2D eigenvalue weighted by Crippen LogP contribution is 2.36. The summed E-state index contributed by atoms with van der Waals surface area (Å²) in [6, 6.07) is 16.9. The Morgan fingerprint density at radius 3 is 2.66 bits per heavy atom. The van der Waals surface area contributed by atoms with Crippen molar-refractivity contribution >= 4 is 51.1 Å². The molecule has 0 spiro atoms. The third kappa shape index (κ3) is 4.18. The van der Waals surface area contributed by atoms with E-state index in [2.05, 4.69) is 10.3 Å². The first-order chi connectivity index (χ1) is 14.2. The van der Waals surface area contributed by atoms with Gasteiger partial charge in [0.25, 0.3) is 5.22 Å². The molecule has 0 aliphatic heterocycles. The number of fused-ring (bicyclic) bond motifs is 1. The standard InChI is InChI=1S/C21H16N2O4S2/c1-26-20(25)18-14(13-7-3-2-4-8-13)11-28-19(18)23-17(24)12-29-21-22-15-9-5-6-10-16(15)27-21/h2-11H,12H2,1H3,(H,23,24). The minimum Gasteiger partial charge on any atom is -0.465 e. The van der Waals surface area contributed by atoms with Crippen LogP contribution in [0.25, 0.3) is 22.2 Å². The number of esters is 1. The maximum absolute atomic E-state index is 12.5. The van der Waals surface area contributed by atoms with Gasteiger partial charge < -0.3 is 14.5 Å². The third-order valence-corrected chi connectivity index (χ3v) is 5.84. The second kappa shape index (κ2) is 8.50. The molecular formula is C21H16N2O4S2. The molecule has 29 heavy (non-hydrogen) atoms. The van der Waals surface area contributed by atoms with Gasteiger partial charge in [-0.2, -0.15) is 0 Å². The summed E-state index contributed by atoms with van der Waals surface area (Å²) in [7, 11) is 1.32. The number of nitrogens with one attached hydrogen (secondary N) is 1. The second-order valence-corrected chi connectivity index (χ2v) is 7.80. The van der Waals surface area contributed by atoms with E-state index in [0.717, 1.165) is 16.6 Å². The van der Waals surface area contributed by atoms with Crippen molar-refractivity contribution < 1.29 is 18.7 Å². The zero-order valence-corrected chi connectivity index (χ0v) is 17.0. The number of anilines is 1. The van der Waals surface area contributed by atoms with E-state index in [-0.39, 0.29) is 11.7 Å². The van der Waals surface area contributed by atoms with Gasteiger partial charge in [0.2, 0.25) is 5.91 Å². The van der Waals surface area contributed by atoms with E-state index in [1.807, 2.05) is 60.0 Å². The molecule has 1 N–H and O–H groups in total. The van der Waals surface area contributed by atoms with E-state index in [0.29, 0.717) is 21.4 Å². The van der Waals surface area contributed by atoms with E-state index in [1.54, 1.807) is 0 Å². The number of thioether (sulfide) groups is 1. The molecule has 2 aromatic carbocycles. The Morgan fingerprint density at radius 1 is 1.14 bits per heavy atom. The van der Waals surface area contributed by atoms with Crippen molar-refractivity contribution in [3.8, 4) is 11.1 Å². The van der Waals surface area contributed by atoms with Gasteiger partial charge in [0.15, 0.2) is 5.58 Å². The lowest BCUT2D eigenvalue weighted by Gasteiger charge is -2.07. The van der Waals surface area contributed by atoms with Crippen LogP contribution in [0.5, 0.6) is 0 Å². The topological polar surface area (TPSA) is 81.4 Å². The molecule has 8 heteroatoms. The maximum Gasteiger partial charge on any atom is 0.341 e. The number of amides is 1. The number of methoxy groups -OCH3 is 1. The molecule has 4 aromatic rings. The average molecular weight is 425 g/mol. The molecule has 6 nitrogen and oxygen atoms in total. The predicted molar refractivity (Wildman–Crippen MR) is 114 cm³/mol. The SMILES string of the molecule is COC(=O)c1c(-c2ccccc2)csc1NC(=O)CSc1nc2ccccc2o1. The number of para-hydroxylation sites is 2. The van der Waals surface area contributed by atoms with Crippen molar-refractivity contribution in [2.45, 2.75) is 5.22 Å². The van der Waals surface area contributed by atoms with E-state index in [9.17, 15) is 9.59 Å². The van der Waals surface area contributed by atoms with Crippen LogP contribution in [0.3, 0.4) is 0 Å². The Morgan fingerprint density at radius 2 is 1.90 bits per heavy atom. The molecule has 2 aromatic heterocycles. The fourth-order valence-corrected chi connectivity index (χ4v) is 4.40. The van der Waals surface area contributed by atoms with Crippen molar-refractivity contribution in [2.24, 2.45) is 0 Å². The molecule has 0 atom stereocenters. The van der Waals surface area contributed by atoms with Crippen molar-refractivity contribution in [3.63, 3.8) is 0 Å². The summed E-state index contributed by atoms with van der Waals surface area (Å²) >= 11 is 2.48. The summed E-state index contributed by atoms with van der Waals surface area (Å²) < 4.78 is 10.5. The first-order valence-corrected chi connectivity index (χ1v) is 10.6. The Labute approximate surface area is 174 Å². The highest BCUT2D eigenvalue weighted by molar-refractivity contribution is 7.99. The summed E-state index contributed by atoms with van der Waals surface area (Å²) in [5.74, 6) is -0.651. The van der Waals surface area contributed by atoms with Crippen LogP contribution in [0.4, 0.5) is 5.00 Å². The van der Waals surface area contributed by atoms with Crippen molar-refractivity contribution in [1.82, 2.24) is 4.98 Å². The molecule has 0 saturated heterocycles. The fraction of sp³-hybridized carbons (Fsp3) is 0.0952. The molecule has 0 radical (unpaired) electrons. The first-order valence-electron chi connectivity index (χ1n) is 8.69. The zero-order chi connectivity index (χ0) is 20.2. The summed E-state index contributed by atoms with van der Waals surface area (Å²) in [6.45, 7) is 0. The quantitative estimate of drug-likeness (QED) is 0.344. The number of rotatable bonds is 6. The lowest BCUT2D eigenvalue weighted by molar-refractivity contribution is -0.113. The molecule has 1 amide bonds. The van der Waals surface area contributed by atoms with Crippen LogP contribution in [0, 0.1) is 0 Å². The number of aromatic nitrogens is 1. The third-order valence-electron chi connectivity index (χ3n) is 4.12. The molecule has 2 heterocycles. The highest BCUT2D eigenvalue weighted by Gasteiger charge is 2.22. The number of ether oxygens (including phenoxy) is 1. The normalized spacial score (nSPS) is 10.8. The van der Waals surface area contributed by atoms with Crippen LogP contribution in [-0.2, 0) is 9.53 Å². The average Bonchev–Trinajstić information content (AvgIpc) is 3.36. The van der Waals surface area contributed by atoms with Crippen molar-refractivity contribution in [3.05, 3.63) is 65.5 Å². The van der Waals surface area contributed by atoms with Gasteiger partial charge in [-0.15, -0.1) is 11.3 Å². The molecule has 0 bridgehead atoms. The minimum absolute atomic E-state index is 0.103. The molecule has 4 rings (SSSR count). The molecule has 0 aliphatic carbocycles. The van der Waals surface area contributed by atoms with Gasteiger partial charge >= 0.3 is 5.97 Å². The minimum atomic E-state index is -0.494. The van der Waals surface area contributed by atoms with Gasteiger partial charge in [0, 0.05) is 10.9 Å². The number of nitrogens with zero attached hydrogens (tertiary/aromatic N) is 1. The fourth-order valence-electron chi connectivity index (χ4n) is 2.79.